The van der Waals surface area contributed by atoms with Crippen LogP contribution in [0.15, 0.2) is 201 Å². The Morgan fingerprint density at radius 2 is 0.639 bits per heavy atom. The van der Waals surface area contributed by atoms with Gasteiger partial charge in [0.1, 0.15) is 0 Å². The van der Waals surface area contributed by atoms with Crippen LogP contribution >= 0.6 is 69.7 Å². The van der Waals surface area contributed by atoms with Gasteiger partial charge < -0.3 is 0 Å². The van der Waals surface area contributed by atoms with E-state index < -0.39 is 0 Å². The van der Waals surface area contributed by atoms with E-state index in [1.807, 2.05) is 95.6 Å². The Morgan fingerprint density at radius 1 is 0.352 bits per heavy atom. The van der Waals surface area contributed by atoms with Crippen LogP contribution in [0.5, 0.6) is 0 Å². The zero-order chi connectivity index (χ0) is 74.9. The minimum absolute atomic E-state index is 0.108. The fourth-order valence-electron chi connectivity index (χ4n) is 15.0. The molecule has 0 saturated heterocycles. The van der Waals surface area contributed by atoms with Gasteiger partial charge in [-0.1, -0.05) is 250 Å². The highest BCUT2D eigenvalue weighted by Crippen LogP contribution is 2.61. The number of carbonyl (C=O) groups is 2. The molecule has 9 aromatic rings. The molecule has 0 saturated carbocycles. The molecule has 4 aliphatic carbocycles. The van der Waals surface area contributed by atoms with Crippen molar-refractivity contribution in [3.8, 4) is 33.0 Å². The van der Waals surface area contributed by atoms with E-state index in [2.05, 4.69) is 171 Å². The number of thiophene rings is 2. The largest absolute Gasteiger partial charge is 0.289 e. The molecule has 0 atom stereocenters. The second-order valence-corrected chi connectivity index (χ2v) is 35.1. The molecule has 0 amide bonds. The number of nitriles is 2. The maximum absolute atomic E-state index is 14.8. The summed E-state index contributed by atoms with van der Waals surface area (Å²) in [5.74, 6) is 2.56. The number of aryl methyl sites for hydroxylation is 4. The summed E-state index contributed by atoms with van der Waals surface area (Å²) in [6.45, 7) is 25.4. The van der Waals surface area contributed by atoms with E-state index >= 15 is 0 Å². The molecule has 2 aromatic heterocycles. The minimum Gasteiger partial charge on any atom is -0.289 e. The van der Waals surface area contributed by atoms with Crippen molar-refractivity contribution in [2.24, 2.45) is 0 Å². The average Bonchev–Trinajstić information content (AvgIpc) is 1.55. The smallest absolute Gasteiger partial charge is 0.270 e. The average molecular weight is 1520 g/mol. The predicted octanol–water partition coefficient (Wildman–Crippen LogP) is 28.3. The molecule has 7 aromatic carbocycles. The molecule has 4 aliphatic rings. The Kier molecular flexibility index (Phi) is 26.8. The zero-order valence-electron chi connectivity index (χ0n) is 62.3. The van der Waals surface area contributed by atoms with Gasteiger partial charge in [0.25, 0.3) is 11.4 Å². The molecule has 108 heavy (non-hydrogen) atoms. The normalized spacial score (nSPS) is 14.6. The summed E-state index contributed by atoms with van der Waals surface area (Å²) >= 11 is 10.8. The summed E-state index contributed by atoms with van der Waals surface area (Å²) in [4.78, 5) is 40.8. The van der Waals surface area contributed by atoms with E-state index in [4.69, 9.17) is 13.1 Å². The summed E-state index contributed by atoms with van der Waals surface area (Å²) < 4.78 is 2.37. The molecule has 0 fully saturated rings. The summed E-state index contributed by atoms with van der Waals surface area (Å²) in [7, 11) is 0. The standard InChI is InChI=1S/C96H90N4O2S6/c1-7-11-15-19-27-63-35-43-67(44-36-63)59-103-95(104-60-68-45-37-64(38-46-68)28-20-16-12-8-2)89-77-55-80-78(56-79(77)93-83(89)53-71(107-93)51-81-87(85(57-97)99-5)73-31-23-25-33-75(73)91(81)101)90(84-54-72(108-94(80)84)52-82-88(86(58-98)100-6)74-32-24-26-34-76(74)92(82)102)96(105-61-69-47-39-65(40-48-69)29-21-17-13-9-3)106-62-70-49-41-66(42-50-70)30-22-18-14-10-4/h23-26,31-56H,7-22,27-30,59-62H2,1-4H3/b81-51-,82-52-,87-85-,88-86+. The second-order valence-electron chi connectivity index (χ2n) is 28.5. The van der Waals surface area contributed by atoms with E-state index in [0.717, 1.165) is 113 Å². The van der Waals surface area contributed by atoms with Gasteiger partial charge in [-0.2, -0.15) is 0 Å². The van der Waals surface area contributed by atoms with Crippen molar-refractivity contribution in [3.63, 3.8) is 0 Å². The third-order valence-electron chi connectivity index (χ3n) is 20.9. The van der Waals surface area contributed by atoms with Crippen LogP contribution < -0.4 is 0 Å². The van der Waals surface area contributed by atoms with Gasteiger partial charge in [-0.3, -0.25) is 9.59 Å². The fraction of sp³-hybridized carbons (Fsp3) is 0.292. The molecule has 0 aliphatic heterocycles. The molecular weight excluding hydrogens is 1430 g/mol. The Hall–Kier alpha value is -8.92. The van der Waals surface area contributed by atoms with Crippen LogP contribution in [0.4, 0.5) is 0 Å². The first-order valence-electron chi connectivity index (χ1n) is 38.6. The fourth-order valence-corrected chi connectivity index (χ4v) is 22.1. The van der Waals surface area contributed by atoms with Gasteiger partial charge in [0.05, 0.1) is 25.3 Å². The number of allylic oxidation sites excluding steroid dienone is 6. The lowest BCUT2D eigenvalue weighted by molar-refractivity contribution is 0.103. The lowest BCUT2D eigenvalue weighted by Crippen LogP contribution is -1.95. The van der Waals surface area contributed by atoms with Crippen molar-refractivity contribution < 1.29 is 9.59 Å². The van der Waals surface area contributed by atoms with Gasteiger partial charge in [0.15, 0.2) is 11.6 Å². The first-order valence-corrected chi connectivity index (χ1v) is 44.2. The zero-order valence-corrected chi connectivity index (χ0v) is 67.2. The highest BCUT2D eigenvalue weighted by Gasteiger charge is 2.39. The minimum atomic E-state index is -0.202. The number of rotatable bonds is 34. The number of fused-ring (bicyclic) bond motifs is 8. The molecule has 2 heterocycles. The second kappa shape index (κ2) is 37.5. The molecule has 0 N–H and O–H groups in total. The number of unbranched alkanes of at least 4 members (excludes halogenated alkanes) is 12. The van der Waals surface area contributed by atoms with Gasteiger partial charge in [-0.25, -0.2) is 20.2 Å². The number of benzene rings is 7. The topological polar surface area (TPSA) is 90.4 Å². The van der Waals surface area contributed by atoms with Crippen molar-refractivity contribution in [1.82, 2.24) is 0 Å². The van der Waals surface area contributed by atoms with Crippen molar-refractivity contribution in [3.05, 3.63) is 322 Å². The van der Waals surface area contributed by atoms with Gasteiger partial charge in [-0.15, -0.1) is 69.7 Å². The molecule has 12 heteroatoms. The van der Waals surface area contributed by atoms with E-state index in [1.165, 1.54) is 156 Å². The van der Waals surface area contributed by atoms with Crippen molar-refractivity contribution in [2.75, 3.05) is 0 Å². The molecule has 0 unspecified atom stereocenters. The summed E-state index contributed by atoms with van der Waals surface area (Å²) in [6, 6.07) is 65.4. The number of hydrogen-bond acceptors (Lipinski definition) is 10. The van der Waals surface area contributed by atoms with Crippen LogP contribution in [0, 0.1) is 35.8 Å². The molecule has 542 valence electrons. The van der Waals surface area contributed by atoms with E-state index in [-0.39, 0.29) is 23.0 Å². The van der Waals surface area contributed by atoms with Crippen LogP contribution in [-0.2, 0) is 48.7 Å². The van der Waals surface area contributed by atoms with Crippen molar-refractivity contribution >= 4 is 116 Å². The van der Waals surface area contributed by atoms with Gasteiger partial charge in [0, 0.05) is 118 Å². The summed E-state index contributed by atoms with van der Waals surface area (Å²) in [5.41, 5.74) is 22.7. The highest BCUT2D eigenvalue weighted by atomic mass is 32.2. The summed E-state index contributed by atoms with van der Waals surface area (Å²) in [6.07, 6.45) is 27.6. The lowest BCUT2D eigenvalue weighted by atomic mass is 9.98. The maximum atomic E-state index is 14.8. The highest BCUT2D eigenvalue weighted by molar-refractivity contribution is 8.22. The van der Waals surface area contributed by atoms with Crippen LogP contribution in [0.3, 0.4) is 0 Å². The van der Waals surface area contributed by atoms with Crippen LogP contribution in [-0.4, -0.2) is 11.6 Å². The van der Waals surface area contributed by atoms with Crippen LogP contribution in [0.25, 0.3) is 65.0 Å². The maximum Gasteiger partial charge on any atom is 0.270 e. The van der Waals surface area contributed by atoms with Crippen molar-refractivity contribution in [2.45, 2.75) is 179 Å². The van der Waals surface area contributed by atoms with Gasteiger partial charge in [0.2, 0.25) is 0 Å². The SMILES string of the molecule is [C-]#[N+]/C(C#N)=C1\C(=C\c2cc3c(s2)-c2cc4c(cc2C3=C(SCc2ccc(CCCCCC)cc2)SCc2ccc(CCCCCC)cc2)-c2sc(/C=C3\C(=O)c5ccccc5\C3=C(\C#N)[N+]#[C-])cc2C4=C(SCc2ccc(CCCCCC)cc2)SCc2ccc(CCCCCC)cc2)C(=O)c2ccccc21. The molecule has 0 radical (unpaired) electrons. The number of ketones is 2. The number of Topliss-reactive ketones (excluding diaryl/α,β-unsaturated/α-hetero) is 2. The van der Waals surface area contributed by atoms with Gasteiger partial charge >= 0.3 is 0 Å². The van der Waals surface area contributed by atoms with E-state index in [0.29, 0.717) is 44.5 Å². The first-order chi connectivity index (χ1) is 53.0. The van der Waals surface area contributed by atoms with E-state index in [9.17, 15) is 20.1 Å². The quantitative estimate of drug-likeness (QED) is 0.0171. The third kappa shape index (κ3) is 17.7. The molecule has 0 spiro atoms. The number of carbonyl (C=O) groups excluding carboxylic acids is 2. The van der Waals surface area contributed by atoms with E-state index in [1.54, 1.807) is 34.8 Å². The lowest BCUT2D eigenvalue weighted by Gasteiger charge is -2.16. The number of thioether (sulfide) groups is 4. The monoisotopic (exact) mass is 1520 g/mol. The van der Waals surface area contributed by atoms with Crippen LogP contribution in [0.2, 0.25) is 0 Å². The number of nitrogens with zero attached hydrogens (tertiary/aromatic N) is 4. The third-order valence-corrected chi connectivity index (χ3v) is 28.3. The Balaban J connectivity index is 1.01. The van der Waals surface area contributed by atoms with Gasteiger partial charge in [-0.05, 0) is 155 Å². The molecular formula is C96H90N4O2S6. The molecule has 6 nitrogen and oxygen atoms in total. The van der Waals surface area contributed by atoms with Crippen LogP contribution in [0.1, 0.15) is 239 Å². The van der Waals surface area contributed by atoms with Crippen molar-refractivity contribution in [1.29, 1.82) is 10.5 Å². The predicted molar refractivity (Wildman–Crippen MR) is 463 cm³/mol. The Bertz CT molecular complexity index is 4740. The molecule has 0 bridgehead atoms. The first kappa shape index (κ1) is 77.2. The number of hydrogen-bond donors (Lipinski definition) is 0. The molecule has 13 rings (SSSR count). The summed E-state index contributed by atoms with van der Waals surface area (Å²) in [5, 5.41) is 21.0. The Morgan fingerprint density at radius 3 is 0.917 bits per heavy atom. The Labute approximate surface area is 665 Å².